The molecule has 106 valence electrons. The van der Waals surface area contributed by atoms with Crippen molar-refractivity contribution in [2.45, 2.75) is 31.8 Å². The van der Waals surface area contributed by atoms with E-state index < -0.39 is 0 Å². The molecular weight excluding hydrogens is 250 g/mol. The molecule has 1 fully saturated rings. The maximum atomic E-state index is 5.40. The zero-order valence-corrected chi connectivity index (χ0v) is 11.8. The molecule has 20 heavy (non-hydrogen) atoms. The summed E-state index contributed by atoms with van der Waals surface area (Å²) in [5.41, 5.74) is 2.46. The topological polar surface area (TPSA) is 39.1 Å². The van der Waals surface area contributed by atoms with Gasteiger partial charge in [0.05, 0.1) is 6.33 Å². The van der Waals surface area contributed by atoms with E-state index in [-0.39, 0.29) is 0 Å². The molecule has 1 aromatic carbocycles. The van der Waals surface area contributed by atoms with Gasteiger partial charge in [-0.3, -0.25) is 0 Å². The van der Waals surface area contributed by atoms with Gasteiger partial charge in [-0.2, -0.15) is 0 Å². The van der Waals surface area contributed by atoms with Crippen LogP contribution in [0.5, 0.6) is 0 Å². The molecule has 4 heteroatoms. The van der Waals surface area contributed by atoms with Gasteiger partial charge in [-0.05, 0) is 37.5 Å². The van der Waals surface area contributed by atoms with E-state index in [9.17, 15) is 0 Å². The highest BCUT2D eigenvalue weighted by atomic mass is 16.5. The van der Waals surface area contributed by atoms with E-state index >= 15 is 0 Å². The Morgan fingerprint density at radius 3 is 2.65 bits per heavy atom. The molecule has 0 spiro atoms. The fourth-order valence-corrected chi connectivity index (χ4v) is 2.66. The van der Waals surface area contributed by atoms with Crippen molar-refractivity contribution in [3.63, 3.8) is 0 Å². The number of imidazole rings is 1. The lowest BCUT2D eigenvalue weighted by atomic mass is 10.0. The molecular formula is C16H21N3O. The van der Waals surface area contributed by atoms with E-state index in [1.807, 2.05) is 17.1 Å². The van der Waals surface area contributed by atoms with E-state index in [0.717, 1.165) is 31.7 Å². The molecule has 0 radical (unpaired) electrons. The van der Waals surface area contributed by atoms with Gasteiger partial charge in [0.25, 0.3) is 0 Å². The van der Waals surface area contributed by atoms with Crippen molar-refractivity contribution in [3.05, 3.63) is 48.5 Å². The quantitative estimate of drug-likeness (QED) is 0.929. The second kappa shape index (κ2) is 6.20. The number of hydrogen-bond acceptors (Lipinski definition) is 3. The van der Waals surface area contributed by atoms with Crippen molar-refractivity contribution in [2.24, 2.45) is 0 Å². The normalized spacial score (nSPS) is 18.1. The molecule has 0 amide bonds. The van der Waals surface area contributed by atoms with E-state index in [1.54, 1.807) is 6.20 Å². The Morgan fingerprint density at radius 1 is 1.25 bits per heavy atom. The minimum Gasteiger partial charge on any atom is -0.381 e. The first-order chi connectivity index (χ1) is 9.83. The van der Waals surface area contributed by atoms with Gasteiger partial charge in [-0.1, -0.05) is 12.1 Å². The number of aromatic nitrogens is 2. The Kier molecular flexibility index (Phi) is 4.14. The highest BCUT2D eigenvalue weighted by molar-refractivity contribution is 5.35. The predicted octanol–water partition coefficient (Wildman–Crippen LogP) is 2.70. The van der Waals surface area contributed by atoms with Gasteiger partial charge in [-0.15, -0.1) is 0 Å². The van der Waals surface area contributed by atoms with Crippen molar-refractivity contribution < 1.29 is 4.74 Å². The largest absolute Gasteiger partial charge is 0.381 e. The summed E-state index contributed by atoms with van der Waals surface area (Å²) < 4.78 is 7.41. The second-order valence-corrected chi connectivity index (χ2v) is 5.34. The first kappa shape index (κ1) is 13.3. The Labute approximate surface area is 119 Å². The van der Waals surface area contributed by atoms with Crippen LogP contribution in [0.1, 0.15) is 31.4 Å². The Morgan fingerprint density at radius 2 is 2.00 bits per heavy atom. The third-order valence-electron chi connectivity index (χ3n) is 3.90. The van der Waals surface area contributed by atoms with Crippen LogP contribution in [-0.2, 0) is 4.74 Å². The molecule has 0 aliphatic carbocycles. The lowest BCUT2D eigenvalue weighted by molar-refractivity contribution is 0.0754. The summed E-state index contributed by atoms with van der Waals surface area (Å²) >= 11 is 0. The fraction of sp³-hybridized carbons (Fsp3) is 0.438. The van der Waals surface area contributed by atoms with Gasteiger partial charge in [0.1, 0.15) is 0 Å². The third kappa shape index (κ3) is 3.08. The summed E-state index contributed by atoms with van der Waals surface area (Å²) in [6.07, 6.45) is 7.79. The number of rotatable bonds is 4. The van der Waals surface area contributed by atoms with Crippen LogP contribution in [0, 0.1) is 0 Å². The molecule has 3 rings (SSSR count). The zero-order valence-electron chi connectivity index (χ0n) is 11.8. The van der Waals surface area contributed by atoms with Crippen LogP contribution in [0.4, 0.5) is 0 Å². The van der Waals surface area contributed by atoms with Crippen molar-refractivity contribution in [1.82, 2.24) is 14.9 Å². The molecule has 1 atom stereocenters. The Hall–Kier alpha value is -1.65. The van der Waals surface area contributed by atoms with Crippen LogP contribution in [-0.4, -0.2) is 28.8 Å². The van der Waals surface area contributed by atoms with Crippen LogP contribution in [0.15, 0.2) is 43.0 Å². The summed E-state index contributed by atoms with van der Waals surface area (Å²) in [6, 6.07) is 9.60. The van der Waals surface area contributed by atoms with E-state index in [1.165, 1.54) is 5.56 Å². The average molecular weight is 271 g/mol. The van der Waals surface area contributed by atoms with Gasteiger partial charge < -0.3 is 14.6 Å². The highest BCUT2D eigenvalue weighted by Crippen LogP contribution is 2.18. The van der Waals surface area contributed by atoms with Crippen LogP contribution >= 0.6 is 0 Å². The number of nitrogens with one attached hydrogen (secondary N) is 1. The molecule has 1 unspecified atom stereocenters. The van der Waals surface area contributed by atoms with Crippen molar-refractivity contribution in [1.29, 1.82) is 0 Å². The molecule has 2 aromatic rings. The standard InChI is InChI=1S/C16H21N3O/c1-13(18-15-6-10-20-11-7-15)14-2-4-16(5-3-14)19-9-8-17-12-19/h2-5,8-9,12-13,15,18H,6-7,10-11H2,1H3. The van der Waals surface area contributed by atoms with E-state index in [4.69, 9.17) is 4.74 Å². The minimum absolute atomic E-state index is 0.370. The van der Waals surface area contributed by atoms with Gasteiger partial charge in [0, 0.05) is 43.4 Å². The van der Waals surface area contributed by atoms with Crippen LogP contribution in [0.3, 0.4) is 0 Å². The maximum Gasteiger partial charge on any atom is 0.0991 e. The van der Waals surface area contributed by atoms with Gasteiger partial charge in [-0.25, -0.2) is 4.98 Å². The van der Waals surface area contributed by atoms with E-state index in [0.29, 0.717) is 12.1 Å². The number of hydrogen-bond donors (Lipinski definition) is 1. The monoisotopic (exact) mass is 271 g/mol. The molecule has 0 saturated carbocycles. The number of ether oxygens (including phenoxy) is 1. The van der Waals surface area contributed by atoms with Crippen molar-refractivity contribution in [3.8, 4) is 5.69 Å². The summed E-state index contributed by atoms with van der Waals surface area (Å²) in [4.78, 5) is 4.07. The summed E-state index contributed by atoms with van der Waals surface area (Å²) in [5.74, 6) is 0. The fourth-order valence-electron chi connectivity index (χ4n) is 2.66. The highest BCUT2D eigenvalue weighted by Gasteiger charge is 2.16. The summed E-state index contributed by atoms with van der Waals surface area (Å²) in [5, 5.41) is 3.69. The summed E-state index contributed by atoms with van der Waals surface area (Å²) in [6.45, 7) is 3.98. The lowest BCUT2D eigenvalue weighted by Crippen LogP contribution is -2.36. The predicted molar refractivity (Wildman–Crippen MR) is 79.0 cm³/mol. The van der Waals surface area contributed by atoms with Crippen molar-refractivity contribution >= 4 is 0 Å². The van der Waals surface area contributed by atoms with Crippen molar-refractivity contribution in [2.75, 3.05) is 13.2 Å². The first-order valence-electron chi connectivity index (χ1n) is 7.25. The molecule has 2 heterocycles. The minimum atomic E-state index is 0.370. The van der Waals surface area contributed by atoms with Crippen LogP contribution in [0.25, 0.3) is 5.69 Å². The molecule has 1 aliphatic rings. The van der Waals surface area contributed by atoms with Crippen LogP contribution in [0.2, 0.25) is 0 Å². The lowest BCUT2D eigenvalue weighted by Gasteiger charge is -2.27. The molecule has 0 bridgehead atoms. The molecule has 4 nitrogen and oxygen atoms in total. The van der Waals surface area contributed by atoms with Gasteiger partial charge in [0.15, 0.2) is 0 Å². The Bertz CT molecular complexity index is 515. The first-order valence-corrected chi connectivity index (χ1v) is 7.25. The van der Waals surface area contributed by atoms with Gasteiger partial charge in [0.2, 0.25) is 0 Å². The van der Waals surface area contributed by atoms with Gasteiger partial charge >= 0.3 is 0 Å². The third-order valence-corrected chi connectivity index (χ3v) is 3.90. The zero-order chi connectivity index (χ0) is 13.8. The number of nitrogens with zero attached hydrogens (tertiary/aromatic N) is 2. The smallest absolute Gasteiger partial charge is 0.0991 e. The molecule has 1 saturated heterocycles. The maximum absolute atomic E-state index is 5.40. The molecule has 1 aliphatic heterocycles. The van der Waals surface area contributed by atoms with Crippen LogP contribution < -0.4 is 5.32 Å². The molecule has 1 aromatic heterocycles. The SMILES string of the molecule is CC(NC1CCOCC1)c1ccc(-n2ccnc2)cc1. The molecule has 1 N–H and O–H groups in total. The summed E-state index contributed by atoms with van der Waals surface area (Å²) in [7, 11) is 0. The van der Waals surface area contributed by atoms with E-state index in [2.05, 4.69) is 41.5 Å². The average Bonchev–Trinajstić information content (AvgIpc) is 3.03. The Balaban J connectivity index is 1.64. The second-order valence-electron chi connectivity index (χ2n) is 5.34. The number of benzene rings is 1.